The number of alkyl halides is 3. The lowest BCUT2D eigenvalue weighted by atomic mass is 9.93. The molecule has 28 heavy (non-hydrogen) atoms. The zero-order valence-corrected chi connectivity index (χ0v) is 15.0. The maximum absolute atomic E-state index is 13.8. The van der Waals surface area contributed by atoms with E-state index in [-0.39, 0.29) is 23.2 Å². The molecule has 7 nitrogen and oxygen atoms in total. The van der Waals surface area contributed by atoms with Crippen molar-refractivity contribution >= 4 is 28.4 Å². The normalized spacial score (nSPS) is 22.2. The Bertz CT molecular complexity index is 1030. The molecule has 0 radical (unpaired) electrons. The second-order valence-electron chi connectivity index (χ2n) is 6.73. The second kappa shape index (κ2) is 6.26. The number of nitrogens with zero attached hydrogens (tertiary/aromatic N) is 3. The number of hydrogen-bond donors (Lipinski definition) is 1. The van der Waals surface area contributed by atoms with E-state index in [1.807, 2.05) is 0 Å². The van der Waals surface area contributed by atoms with Crippen LogP contribution < -0.4 is 5.32 Å². The number of hydroxylamine groups is 2. The predicted octanol–water partition coefficient (Wildman–Crippen LogP) is 3.09. The van der Waals surface area contributed by atoms with Crippen LogP contribution in [0.25, 0.3) is 21.7 Å². The standard InChI is InChI=1S/C17H13F3N4O3S/c18-17(19,20)12-10(16(25)27-24-5-8-3-9(6-24)23-8)4-11(15-21-1-2-28-15)14-13(12)22-7-26-14/h1-2,4,7-9,23H,3,5-6H2. The monoisotopic (exact) mass is 410 g/mol. The quantitative estimate of drug-likeness (QED) is 0.711. The summed E-state index contributed by atoms with van der Waals surface area (Å²) < 4.78 is 46.6. The van der Waals surface area contributed by atoms with Crippen molar-refractivity contribution in [1.82, 2.24) is 20.3 Å². The summed E-state index contributed by atoms with van der Waals surface area (Å²) in [5.41, 5.74) is -2.00. The molecule has 2 atom stereocenters. The third-order valence-corrected chi connectivity index (χ3v) is 5.68. The molecule has 2 unspecified atom stereocenters. The highest BCUT2D eigenvalue weighted by Crippen LogP contribution is 2.41. The molecular weight excluding hydrogens is 397 g/mol. The first-order valence-corrected chi connectivity index (χ1v) is 9.38. The fourth-order valence-corrected chi connectivity index (χ4v) is 4.35. The van der Waals surface area contributed by atoms with E-state index in [2.05, 4.69) is 15.3 Å². The number of carbonyl (C=O) groups is 1. The van der Waals surface area contributed by atoms with Crippen LogP contribution in [0.4, 0.5) is 13.2 Å². The highest BCUT2D eigenvalue weighted by atomic mass is 32.1. The molecule has 0 amide bonds. The van der Waals surface area contributed by atoms with E-state index in [0.717, 1.165) is 18.9 Å². The molecule has 0 aliphatic carbocycles. The lowest BCUT2D eigenvalue weighted by molar-refractivity contribution is -0.155. The van der Waals surface area contributed by atoms with Crippen LogP contribution >= 0.6 is 11.3 Å². The summed E-state index contributed by atoms with van der Waals surface area (Å²) in [6.45, 7) is 0.879. The van der Waals surface area contributed by atoms with Crippen LogP contribution in [0.1, 0.15) is 22.3 Å². The SMILES string of the molecule is O=C(ON1CC2CC(C1)N2)c1cc(-c2nccs2)c2ocnc2c1C(F)(F)F. The Morgan fingerprint density at radius 2 is 2.07 bits per heavy atom. The summed E-state index contributed by atoms with van der Waals surface area (Å²) in [5.74, 6) is -1.07. The number of fused-ring (bicyclic) bond motifs is 3. The molecule has 11 heteroatoms. The maximum Gasteiger partial charge on any atom is 0.419 e. The Balaban J connectivity index is 1.60. The van der Waals surface area contributed by atoms with Crippen molar-refractivity contribution in [2.45, 2.75) is 24.7 Å². The van der Waals surface area contributed by atoms with Gasteiger partial charge in [-0.2, -0.15) is 13.2 Å². The molecule has 0 saturated carbocycles. The lowest BCUT2D eigenvalue weighted by Crippen LogP contribution is -2.66. The fraction of sp³-hybridized carbons (Fsp3) is 0.353. The average molecular weight is 410 g/mol. The van der Waals surface area contributed by atoms with Crippen LogP contribution in [-0.4, -0.2) is 46.2 Å². The zero-order valence-electron chi connectivity index (χ0n) is 14.2. The van der Waals surface area contributed by atoms with Crippen molar-refractivity contribution < 1.29 is 27.2 Å². The highest BCUT2D eigenvalue weighted by Gasteiger charge is 2.42. The number of hydrogen-bond acceptors (Lipinski definition) is 8. The smallest absolute Gasteiger partial charge is 0.419 e. The number of thiazole rings is 1. The van der Waals surface area contributed by atoms with Gasteiger partial charge < -0.3 is 14.6 Å². The minimum Gasteiger partial charge on any atom is -0.443 e. The Kier molecular flexibility index (Phi) is 3.93. The summed E-state index contributed by atoms with van der Waals surface area (Å²) in [6, 6.07) is 1.51. The molecule has 2 bridgehead atoms. The molecule has 3 fully saturated rings. The molecule has 3 aromatic rings. The van der Waals surface area contributed by atoms with E-state index >= 15 is 0 Å². The summed E-state index contributed by atoms with van der Waals surface area (Å²) >= 11 is 1.22. The molecular formula is C17H13F3N4O3S. The van der Waals surface area contributed by atoms with Crippen molar-refractivity contribution in [3.63, 3.8) is 0 Å². The van der Waals surface area contributed by atoms with Crippen molar-refractivity contribution in [2.75, 3.05) is 13.1 Å². The third-order valence-electron chi connectivity index (χ3n) is 4.87. The van der Waals surface area contributed by atoms with Crippen LogP contribution in [0.15, 0.2) is 28.5 Å². The molecule has 3 saturated heterocycles. The number of piperazine rings is 1. The van der Waals surface area contributed by atoms with Gasteiger partial charge in [0.05, 0.1) is 29.8 Å². The van der Waals surface area contributed by atoms with Crippen LogP contribution in [0.3, 0.4) is 0 Å². The predicted molar refractivity (Wildman–Crippen MR) is 92.4 cm³/mol. The highest BCUT2D eigenvalue weighted by molar-refractivity contribution is 7.13. The molecule has 6 rings (SSSR count). The van der Waals surface area contributed by atoms with E-state index in [4.69, 9.17) is 9.25 Å². The Morgan fingerprint density at radius 1 is 1.32 bits per heavy atom. The van der Waals surface area contributed by atoms with Crippen molar-refractivity contribution in [3.8, 4) is 10.6 Å². The number of oxazole rings is 1. The fourth-order valence-electron chi connectivity index (χ4n) is 3.70. The van der Waals surface area contributed by atoms with Gasteiger partial charge in [0.25, 0.3) is 0 Å². The minimum absolute atomic E-state index is 0.0674. The van der Waals surface area contributed by atoms with Gasteiger partial charge in [0.2, 0.25) is 0 Å². The van der Waals surface area contributed by atoms with Crippen LogP contribution in [0.2, 0.25) is 0 Å². The van der Waals surface area contributed by atoms with E-state index in [9.17, 15) is 18.0 Å². The van der Waals surface area contributed by atoms with Crippen LogP contribution in [-0.2, 0) is 11.0 Å². The van der Waals surface area contributed by atoms with Crippen molar-refractivity contribution in [3.05, 3.63) is 35.2 Å². The molecule has 3 aliphatic heterocycles. The lowest BCUT2D eigenvalue weighted by Gasteiger charge is -2.46. The summed E-state index contributed by atoms with van der Waals surface area (Å²) in [7, 11) is 0. The van der Waals surface area contributed by atoms with Gasteiger partial charge in [-0.25, -0.2) is 14.8 Å². The number of benzene rings is 1. The Morgan fingerprint density at radius 3 is 2.71 bits per heavy atom. The number of piperidine rings is 1. The number of rotatable bonds is 3. The number of halogens is 3. The van der Waals surface area contributed by atoms with Gasteiger partial charge >= 0.3 is 12.1 Å². The van der Waals surface area contributed by atoms with Crippen LogP contribution in [0, 0.1) is 0 Å². The van der Waals surface area contributed by atoms with Gasteiger partial charge in [-0.05, 0) is 12.5 Å². The van der Waals surface area contributed by atoms with Gasteiger partial charge in [0.15, 0.2) is 12.0 Å². The van der Waals surface area contributed by atoms with Gasteiger partial charge in [-0.1, -0.05) is 0 Å². The maximum atomic E-state index is 13.8. The molecule has 1 N–H and O–H groups in total. The molecule has 0 spiro atoms. The van der Waals surface area contributed by atoms with Crippen molar-refractivity contribution in [2.24, 2.45) is 0 Å². The number of aromatic nitrogens is 2. The van der Waals surface area contributed by atoms with Gasteiger partial charge in [-0.3, -0.25) is 0 Å². The topological polar surface area (TPSA) is 80.5 Å². The number of nitrogens with one attached hydrogen (secondary N) is 1. The van der Waals surface area contributed by atoms with Crippen molar-refractivity contribution in [1.29, 1.82) is 0 Å². The summed E-state index contributed by atoms with van der Waals surface area (Å²) in [5, 5.41) is 6.78. The number of carbonyl (C=O) groups excluding carboxylic acids is 1. The minimum atomic E-state index is -4.81. The zero-order chi connectivity index (χ0) is 19.5. The third kappa shape index (κ3) is 2.86. The van der Waals surface area contributed by atoms with Gasteiger partial charge in [0.1, 0.15) is 10.5 Å². The first kappa shape index (κ1) is 17.6. The van der Waals surface area contributed by atoms with E-state index in [1.165, 1.54) is 22.6 Å². The molecule has 5 heterocycles. The molecule has 2 aromatic heterocycles. The second-order valence-corrected chi connectivity index (χ2v) is 7.63. The molecule has 146 valence electrons. The van der Waals surface area contributed by atoms with E-state index in [1.54, 1.807) is 5.38 Å². The Labute approximate surface area is 160 Å². The molecule has 3 aliphatic rings. The van der Waals surface area contributed by atoms with Gasteiger partial charge in [0, 0.05) is 23.7 Å². The summed E-state index contributed by atoms with van der Waals surface area (Å²) in [6.07, 6.45) is -1.39. The van der Waals surface area contributed by atoms with E-state index in [0.29, 0.717) is 18.1 Å². The molecule has 1 aromatic carbocycles. The van der Waals surface area contributed by atoms with Crippen LogP contribution in [0.5, 0.6) is 0 Å². The van der Waals surface area contributed by atoms with Gasteiger partial charge in [-0.15, -0.1) is 16.4 Å². The first-order valence-electron chi connectivity index (χ1n) is 8.50. The summed E-state index contributed by atoms with van der Waals surface area (Å²) in [4.78, 5) is 25.9. The van der Waals surface area contributed by atoms with E-state index < -0.39 is 28.8 Å². The average Bonchev–Trinajstić information content (AvgIpc) is 3.30. The first-order chi connectivity index (χ1) is 13.4. The Hall–Kier alpha value is -2.50. The largest absolute Gasteiger partial charge is 0.443 e.